The second-order valence-electron chi connectivity index (χ2n) is 24.0. The first-order valence-corrected chi connectivity index (χ1v) is 35.8. The van der Waals surface area contributed by atoms with Gasteiger partial charge in [0.05, 0.1) is 30.9 Å². The third kappa shape index (κ3) is 15.0. The Hall–Kier alpha value is -10.9. The minimum Gasteiger partial charge on any atom is -0.504 e. The lowest BCUT2D eigenvalue weighted by atomic mass is 9.77. The molecule has 22 heteroatoms. The van der Waals surface area contributed by atoms with Crippen LogP contribution in [0.3, 0.4) is 0 Å². The van der Waals surface area contributed by atoms with Crippen molar-refractivity contribution in [3.63, 3.8) is 0 Å². The number of esters is 1. The van der Waals surface area contributed by atoms with Gasteiger partial charge in [-0.15, -0.1) is 28.2 Å². The summed E-state index contributed by atoms with van der Waals surface area (Å²) in [4.78, 5) is 64.2. The average molecular weight is 1400 g/mol. The third-order valence-corrected chi connectivity index (χ3v) is 21.0. The van der Waals surface area contributed by atoms with Crippen LogP contribution < -0.4 is 20.1 Å². The quantitative estimate of drug-likeness (QED) is 0.00713. The number of nitrogens with one attached hydrogen (secondary N) is 3. The van der Waals surface area contributed by atoms with Crippen molar-refractivity contribution in [3.05, 3.63) is 328 Å². The number of thioether (sulfide) groups is 2. The number of hydrogen-bond donors (Lipinski definition) is 4. The first-order chi connectivity index (χ1) is 49.7. The molecule has 0 radical (unpaired) electrons. The Labute approximate surface area is 596 Å². The fraction of sp³-hybridized carbons (Fsp3) is 0.190. The van der Waals surface area contributed by atoms with Crippen LogP contribution in [0.25, 0.3) is 0 Å². The van der Waals surface area contributed by atoms with Gasteiger partial charge in [0.1, 0.15) is 63.6 Å². The van der Waals surface area contributed by atoms with Crippen molar-refractivity contribution in [3.8, 4) is 17.2 Å². The molecule has 508 valence electrons. The third-order valence-electron chi connectivity index (χ3n) is 17.7. The van der Waals surface area contributed by atoms with E-state index in [1.54, 1.807) is 43.0 Å². The van der Waals surface area contributed by atoms with Crippen molar-refractivity contribution in [2.75, 3.05) is 24.8 Å². The first kappa shape index (κ1) is 67.3. The molecule has 3 aliphatic rings. The van der Waals surface area contributed by atoms with E-state index in [1.807, 2.05) is 176 Å². The molecule has 3 aliphatic heterocycles. The number of amides is 2. The van der Waals surface area contributed by atoms with Gasteiger partial charge in [0, 0.05) is 23.8 Å². The predicted octanol–water partition coefficient (Wildman–Crippen LogP) is 14.3. The molecule has 4 N–H and O–H groups in total. The molecular formula is C79H69N9O10S3. The molecule has 2 saturated heterocycles. The zero-order valence-electron chi connectivity index (χ0n) is 54.6. The van der Waals surface area contributed by atoms with E-state index in [9.17, 15) is 9.90 Å². The molecule has 0 bridgehead atoms. The summed E-state index contributed by atoms with van der Waals surface area (Å²) in [5.41, 5.74) is 6.05. The number of thiazole rings is 1. The van der Waals surface area contributed by atoms with E-state index in [2.05, 4.69) is 62.4 Å². The van der Waals surface area contributed by atoms with Crippen LogP contribution in [0.15, 0.2) is 282 Å². The molecule has 0 aliphatic carbocycles. The minimum atomic E-state index is -1.57. The van der Waals surface area contributed by atoms with Crippen molar-refractivity contribution in [2.24, 2.45) is 5.16 Å². The Kier molecular flexibility index (Phi) is 21.0. The second-order valence-corrected chi connectivity index (χ2v) is 27.2. The highest BCUT2D eigenvalue weighted by Crippen LogP contribution is 2.47. The monoisotopic (exact) mass is 1400 g/mol. The lowest BCUT2D eigenvalue weighted by Crippen LogP contribution is -2.71. The van der Waals surface area contributed by atoms with Crippen LogP contribution in [0.1, 0.15) is 93.7 Å². The molecule has 19 nitrogen and oxygen atoms in total. The number of aromatic hydroxyl groups is 1. The van der Waals surface area contributed by atoms with Crippen molar-refractivity contribution < 1.29 is 48.0 Å². The molecule has 5 atom stereocenters. The molecule has 3 unspecified atom stereocenters. The fourth-order valence-electron chi connectivity index (χ4n) is 12.7. The Balaban J connectivity index is 0.853. The number of benzene rings is 8. The fourth-order valence-corrected chi connectivity index (χ4v) is 16.1. The number of hydrogen-bond acceptors (Lipinski definition) is 19. The Morgan fingerprint density at radius 3 is 1.85 bits per heavy atom. The highest BCUT2D eigenvalue weighted by molar-refractivity contribution is 8.01. The molecule has 3 aromatic heterocycles. The van der Waals surface area contributed by atoms with Gasteiger partial charge in [-0.2, -0.15) is 0 Å². The number of fused-ring (bicyclic) bond motifs is 1. The van der Waals surface area contributed by atoms with Crippen molar-refractivity contribution in [1.29, 1.82) is 0 Å². The summed E-state index contributed by atoms with van der Waals surface area (Å²) in [5, 5.41) is 36.1. The number of H-pyrrole nitrogens is 1. The number of oxime groups is 1. The van der Waals surface area contributed by atoms with Crippen LogP contribution in [-0.2, 0) is 45.6 Å². The molecular weight excluding hydrogens is 1330 g/mol. The number of ether oxygens (including phenoxy) is 5. The van der Waals surface area contributed by atoms with Crippen LogP contribution in [0.2, 0.25) is 0 Å². The smallest absolute Gasteiger partial charge is 0.355 e. The van der Waals surface area contributed by atoms with Gasteiger partial charge < -0.3 is 44.3 Å². The summed E-state index contributed by atoms with van der Waals surface area (Å²) in [6.07, 6.45) is 2.12. The van der Waals surface area contributed by atoms with Gasteiger partial charge in [0.25, 0.3) is 18.1 Å². The minimum absolute atomic E-state index is 0.0569. The Morgan fingerprint density at radius 2 is 1.32 bits per heavy atom. The highest BCUT2D eigenvalue weighted by Gasteiger charge is 2.56. The molecule has 2 amide bonds. The number of methoxy groups -OCH3 is 1. The molecule has 101 heavy (non-hydrogen) atoms. The van der Waals surface area contributed by atoms with E-state index in [-0.39, 0.29) is 52.8 Å². The molecule has 0 spiro atoms. The van der Waals surface area contributed by atoms with E-state index in [1.165, 1.54) is 52.0 Å². The summed E-state index contributed by atoms with van der Waals surface area (Å²) >= 11 is 4.05. The van der Waals surface area contributed by atoms with Gasteiger partial charge in [0.15, 0.2) is 22.3 Å². The van der Waals surface area contributed by atoms with Gasteiger partial charge in [-0.3, -0.25) is 24.6 Å². The summed E-state index contributed by atoms with van der Waals surface area (Å²) in [6, 6.07) is 75.8. The number of aromatic nitrogens is 5. The van der Waals surface area contributed by atoms with Crippen molar-refractivity contribution in [1.82, 2.24) is 35.6 Å². The average Bonchev–Trinajstić information content (AvgIpc) is 1.01. The number of rotatable bonds is 27. The van der Waals surface area contributed by atoms with Crippen LogP contribution >= 0.6 is 34.9 Å². The number of anilines is 1. The van der Waals surface area contributed by atoms with Gasteiger partial charge in [-0.05, 0) is 81.5 Å². The largest absolute Gasteiger partial charge is 0.504 e. The molecule has 8 aromatic carbocycles. The number of nitrogens with zero attached hydrogens (tertiary/aromatic N) is 6. The lowest BCUT2D eigenvalue weighted by molar-refractivity contribution is -0.170. The van der Waals surface area contributed by atoms with E-state index < -0.39 is 58.5 Å². The number of β-lactam (4-membered cyclic amide) rings is 1. The summed E-state index contributed by atoms with van der Waals surface area (Å²) in [7, 11) is 1.57. The van der Waals surface area contributed by atoms with E-state index in [0.717, 1.165) is 51.8 Å². The Morgan fingerprint density at radius 1 is 0.743 bits per heavy atom. The van der Waals surface area contributed by atoms with Gasteiger partial charge >= 0.3 is 5.97 Å². The first-order valence-electron chi connectivity index (χ1n) is 33.0. The normalized spacial score (nSPS) is 16.7. The topological polar surface area (TPSA) is 234 Å². The predicted molar refractivity (Wildman–Crippen MR) is 387 cm³/mol. The van der Waals surface area contributed by atoms with Crippen LogP contribution in [0.4, 0.5) is 5.13 Å². The number of pyridine rings is 1. The summed E-state index contributed by atoms with van der Waals surface area (Å²) < 4.78 is 31.7. The highest BCUT2D eigenvalue weighted by atomic mass is 32.2. The zero-order chi connectivity index (χ0) is 68.9. The van der Waals surface area contributed by atoms with Gasteiger partial charge in [-0.25, -0.2) is 9.78 Å². The van der Waals surface area contributed by atoms with E-state index in [4.69, 9.17) is 43.6 Å². The SMILES string of the molecule is COc1ccc(COC(=O)C2=C(C(Sc3cnn[nH]3)C3CCCCO3)CS[C@@H]3[C@H](NC(=O)C(=NOC(OC(c4ccccc4)c4ccccc4)c4cc(O)c(OC(c5ccccc5)c5ccccc5)cn4)c4csc(NC(c5ccccc5)(c5ccccc5)c5ccccc5)n4)C(=O)N23)cc1. The maximum atomic E-state index is 15.8. The number of carbonyl (C=O) groups is 3. The van der Waals surface area contributed by atoms with Crippen LogP contribution in [0, 0.1) is 0 Å². The summed E-state index contributed by atoms with van der Waals surface area (Å²) in [5.74, 6) is -1.46. The number of aromatic amines is 1. The number of carbonyl (C=O) groups excluding carboxylic acids is 3. The van der Waals surface area contributed by atoms with Gasteiger partial charge in [-0.1, -0.05) is 247 Å². The maximum Gasteiger partial charge on any atom is 0.355 e. The lowest BCUT2D eigenvalue weighted by Gasteiger charge is -2.50. The summed E-state index contributed by atoms with van der Waals surface area (Å²) in [6.45, 7) is 0.421. The molecule has 0 saturated carbocycles. The molecule has 6 heterocycles. The van der Waals surface area contributed by atoms with Gasteiger partial charge in [0.2, 0.25) is 0 Å². The second kappa shape index (κ2) is 31.5. The molecule has 11 aromatic rings. The maximum absolute atomic E-state index is 15.8. The van der Waals surface area contributed by atoms with Crippen LogP contribution in [0.5, 0.6) is 17.2 Å². The zero-order valence-corrected chi connectivity index (χ0v) is 57.1. The molecule has 14 rings (SSSR count). The van der Waals surface area contributed by atoms with E-state index >= 15 is 9.59 Å². The van der Waals surface area contributed by atoms with E-state index in [0.29, 0.717) is 40.1 Å². The van der Waals surface area contributed by atoms with Crippen molar-refractivity contribution in [2.45, 2.75) is 77.7 Å². The molecule has 2 fully saturated rings. The standard InChI is InChI=1S/C79H69N9O10S3/c1-93-59-42-40-51(41-43-59)48-95-76(92)69-60(72(64-39-23-24-44-94-64)101-66-47-81-87-85-66)49-99-75-68(74(91)88(69)75)83-73(90)67(62-50-100-78(82-62)84-79(56-33-17-6-18-34-56,57-35-19-7-20-36-57)58-37-21-8-22-38-58)86-98-77(97-71(54-29-13-4-14-30-54)55-31-15-5-16-32-55)61-45-63(89)65(46-80-61)96-70(52-25-9-2-10-26-52)53-27-11-3-12-28-53/h2-22,25-38,40-43,45-47,50,64,68,70-72,75,77H,23-24,39,44,48-49H2,1H3,(H,80,89)(H,82,84)(H,83,90)(H,81,85,87)/t64?,68-,72?,75-,77?/m1/s1. The Bertz CT molecular complexity index is 4470. The van der Waals surface area contributed by atoms with Crippen molar-refractivity contribution >= 4 is 63.5 Å². The van der Waals surface area contributed by atoms with Crippen LogP contribution in [-0.4, -0.2) is 101 Å².